The summed E-state index contributed by atoms with van der Waals surface area (Å²) in [5, 5.41) is 0. The molecule has 0 aromatic carbocycles. The van der Waals surface area contributed by atoms with Crippen LogP contribution in [-0.2, 0) is 4.79 Å². The van der Waals surface area contributed by atoms with Crippen molar-refractivity contribution in [2.45, 2.75) is 39.7 Å². The quantitative estimate of drug-likeness (QED) is 0.647. The maximum absolute atomic E-state index is 10.9. The van der Waals surface area contributed by atoms with Crippen molar-refractivity contribution >= 4 is 5.78 Å². The Hall–Kier alpha value is -0.370. The van der Waals surface area contributed by atoms with Crippen LogP contribution >= 0.6 is 0 Å². The van der Waals surface area contributed by atoms with Crippen LogP contribution in [0.2, 0.25) is 0 Å². The molecule has 0 aliphatic carbocycles. The Bertz CT molecular complexity index is 127. The fourth-order valence-corrected chi connectivity index (χ4v) is 0.992. The Morgan fingerprint density at radius 3 is 2.10 bits per heavy atom. The van der Waals surface area contributed by atoms with Gasteiger partial charge in [-0.3, -0.25) is 4.79 Å². The summed E-state index contributed by atoms with van der Waals surface area (Å²) >= 11 is 0. The summed E-state index contributed by atoms with van der Waals surface area (Å²) in [6, 6.07) is 0. The number of hydrogen-bond donors (Lipinski definition) is 1. The van der Waals surface area contributed by atoms with Crippen molar-refractivity contribution in [2.24, 2.45) is 11.7 Å². The molecule has 0 fully saturated rings. The van der Waals surface area contributed by atoms with E-state index in [9.17, 15) is 4.79 Å². The van der Waals surface area contributed by atoms with Gasteiger partial charge in [0.1, 0.15) is 5.78 Å². The van der Waals surface area contributed by atoms with Crippen molar-refractivity contribution in [3.8, 4) is 0 Å². The SMILES string of the molecule is CC(=O)[C@@](C)(N)CC(C)C. The van der Waals surface area contributed by atoms with Gasteiger partial charge in [0, 0.05) is 0 Å². The number of nitrogens with two attached hydrogens (primary N) is 1. The highest BCUT2D eigenvalue weighted by Crippen LogP contribution is 2.13. The van der Waals surface area contributed by atoms with Crippen molar-refractivity contribution in [2.75, 3.05) is 0 Å². The number of carbonyl (C=O) groups excluding carboxylic acids is 1. The van der Waals surface area contributed by atoms with Crippen LogP contribution in [0.5, 0.6) is 0 Å². The van der Waals surface area contributed by atoms with E-state index in [1.807, 2.05) is 0 Å². The maximum Gasteiger partial charge on any atom is 0.149 e. The molecule has 10 heavy (non-hydrogen) atoms. The zero-order valence-electron chi connectivity index (χ0n) is 7.27. The molecule has 0 aromatic rings. The molecule has 0 unspecified atom stereocenters. The number of Topliss-reactive ketones (excluding diaryl/α,β-unsaturated/α-hetero) is 1. The summed E-state index contributed by atoms with van der Waals surface area (Å²) < 4.78 is 0. The highest BCUT2D eigenvalue weighted by molar-refractivity contribution is 5.85. The van der Waals surface area contributed by atoms with Gasteiger partial charge in [0.2, 0.25) is 0 Å². The Morgan fingerprint density at radius 2 is 2.00 bits per heavy atom. The minimum Gasteiger partial charge on any atom is -0.319 e. The average molecular weight is 143 g/mol. The van der Waals surface area contributed by atoms with Crippen LogP contribution in [0, 0.1) is 5.92 Å². The van der Waals surface area contributed by atoms with Crippen molar-refractivity contribution in [1.82, 2.24) is 0 Å². The highest BCUT2D eigenvalue weighted by atomic mass is 16.1. The zero-order chi connectivity index (χ0) is 8.36. The molecule has 0 aliphatic heterocycles. The minimum atomic E-state index is -0.617. The standard InChI is InChI=1S/C8H17NO/c1-6(2)5-8(4,9)7(3)10/h6H,5,9H2,1-4H3/t8-/m0/s1. The Labute approximate surface area is 62.8 Å². The van der Waals surface area contributed by atoms with Gasteiger partial charge in [-0.1, -0.05) is 13.8 Å². The topological polar surface area (TPSA) is 43.1 Å². The van der Waals surface area contributed by atoms with Crippen LogP contribution in [0.15, 0.2) is 0 Å². The fourth-order valence-electron chi connectivity index (χ4n) is 0.992. The lowest BCUT2D eigenvalue weighted by Gasteiger charge is -2.22. The third-order valence-corrected chi connectivity index (χ3v) is 1.64. The second-order valence-electron chi connectivity index (χ2n) is 3.57. The molecule has 0 bridgehead atoms. The summed E-state index contributed by atoms with van der Waals surface area (Å²) in [7, 11) is 0. The van der Waals surface area contributed by atoms with Crippen LogP contribution in [0.3, 0.4) is 0 Å². The van der Waals surface area contributed by atoms with Crippen LogP contribution in [-0.4, -0.2) is 11.3 Å². The predicted octanol–water partition coefficient (Wildman–Crippen LogP) is 1.34. The summed E-state index contributed by atoms with van der Waals surface area (Å²) in [6.45, 7) is 7.46. The molecule has 2 nitrogen and oxygen atoms in total. The van der Waals surface area contributed by atoms with E-state index in [0.717, 1.165) is 6.42 Å². The monoisotopic (exact) mass is 143 g/mol. The summed E-state index contributed by atoms with van der Waals surface area (Å²) in [5.74, 6) is 0.556. The summed E-state index contributed by atoms with van der Waals surface area (Å²) in [6.07, 6.45) is 0.766. The minimum absolute atomic E-state index is 0.0706. The van der Waals surface area contributed by atoms with Gasteiger partial charge in [-0.05, 0) is 26.2 Å². The lowest BCUT2D eigenvalue weighted by molar-refractivity contribution is -0.122. The largest absolute Gasteiger partial charge is 0.319 e. The molecule has 0 spiro atoms. The maximum atomic E-state index is 10.9. The first kappa shape index (κ1) is 9.63. The molecule has 1 atom stereocenters. The van der Waals surface area contributed by atoms with Crippen LogP contribution < -0.4 is 5.73 Å². The average Bonchev–Trinajstić information content (AvgIpc) is 1.60. The molecular formula is C8H17NO. The molecular weight excluding hydrogens is 126 g/mol. The van der Waals surface area contributed by atoms with Gasteiger partial charge in [0.25, 0.3) is 0 Å². The van der Waals surface area contributed by atoms with E-state index in [1.54, 1.807) is 13.8 Å². The molecule has 0 saturated carbocycles. The molecule has 2 N–H and O–H groups in total. The van der Waals surface area contributed by atoms with Gasteiger partial charge < -0.3 is 5.73 Å². The second kappa shape index (κ2) is 3.15. The van der Waals surface area contributed by atoms with Crippen molar-refractivity contribution in [3.63, 3.8) is 0 Å². The summed E-state index contributed by atoms with van der Waals surface area (Å²) in [4.78, 5) is 10.9. The van der Waals surface area contributed by atoms with Gasteiger partial charge in [0.15, 0.2) is 0 Å². The van der Waals surface area contributed by atoms with E-state index >= 15 is 0 Å². The van der Waals surface area contributed by atoms with E-state index in [1.165, 1.54) is 0 Å². The first-order chi connectivity index (χ1) is 4.36. The molecule has 0 heterocycles. The number of rotatable bonds is 3. The zero-order valence-corrected chi connectivity index (χ0v) is 7.27. The van der Waals surface area contributed by atoms with Crippen LogP contribution in [0.4, 0.5) is 0 Å². The number of hydrogen-bond acceptors (Lipinski definition) is 2. The highest BCUT2D eigenvalue weighted by Gasteiger charge is 2.24. The van der Waals surface area contributed by atoms with Crippen molar-refractivity contribution in [1.29, 1.82) is 0 Å². The summed E-state index contributed by atoms with van der Waals surface area (Å²) in [5.41, 5.74) is 5.09. The Kier molecular flexibility index (Phi) is 3.03. The van der Waals surface area contributed by atoms with Gasteiger partial charge in [-0.25, -0.2) is 0 Å². The van der Waals surface area contributed by atoms with Crippen LogP contribution in [0.1, 0.15) is 34.1 Å². The predicted molar refractivity (Wildman–Crippen MR) is 42.7 cm³/mol. The lowest BCUT2D eigenvalue weighted by Crippen LogP contribution is -2.44. The third kappa shape index (κ3) is 2.97. The molecule has 0 saturated heterocycles. The Morgan fingerprint density at radius 1 is 1.60 bits per heavy atom. The fraction of sp³-hybridized carbons (Fsp3) is 0.875. The van der Waals surface area contributed by atoms with Crippen molar-refractivity contribution in [3.05, 3.63) is 0 Å². The van der Waals surface area contributed by atoms with E-state index in [-0.39, 0.29) is 5.78 Å². The van der Waals surface area contributed by atoms with E-state index in [4.69, 9.17) is 5.73 Å². The van der Waals surface area contributed by atoms with E-state index in [0.29, 0.717) is 5.92 Å². The molecule has 0 rings (SSSR count). The van der Waals surface area contributed by atoms with E-state index in [2.05, 4.69) is 13.8 Å². The first-order valence-corrected chi connectivity index (χ1v) is 3.66. The van der Waals surface area contributed by atoms with Crippen LogP contribution in [0.25, 0.3) is 0 Å². The van der Waals surface area contributed by atoms with Gasteiger partial charge in [-0.2, -0.15) is 0 Å². The van der Waals surface area contributed by atoms with E-state index < -0.39 is 5.54 Å². The van der Waals surface area contributed by atoms with Crippen molar-refractivity contribution < 1.29 is 4.79 Å². The number of carbonyl (C=O) groups is 1. The number of ketones is 1. The molecule has 0 radical (unpaired) electrons. The second-order valence-corrected chi connectivity index (χ2v) is 3.57. The van der Waals surface area contributed by atoms with Gasteiger partial charge in [-0.15, -0.1) is 0 Å². The molecule has 0 aliphatic rings. The first-order valence-electron chi connectivity index (χ1n) is 3.66. The molecule has 2 heteroatoms. The molecule has 60 valence electrons. The smallest absolute Gasteiger partial charge is 0.149 e. The lowest BCUT2D eigenvalue weighted by atomic mass is 9.89. The molecule has 0 amide bonds. The van der Waals surface area contributed by atoms with Gasteiger partial charge >= 0.3 is 0 Å². The normalized spacial score (nSPS) is 17.0. The third-order valence-electron chi connectivity index (χ3n) is 1.64. The van der Waals surface area contributed by atoms with Gasteiger partial charge in [0.05, 0.1) is 5.54 Å². The molecule has 0 aromatic heterocycles. The Balaban J connectivity index is 4.00.